The van der Waals surface area contributed by atoms with Crippen LogP contribution in [0.25, 0.3) is 0 Å². The van der Waals surface area contributed by atoms with E-state index in [1.807, 2.05) is 0 Å². The summed E-state index contributed by atoms with van der Waals surface area (Å²) in [5.41, 5.74) is 9.14. The average molecular weight is 245 g/mol. The molecule has 1 aliphatic rings. The van der Waals surface area contributed by atoms with Crippen LogP contribution in [0.4, 0.5) is 0 Å². The topological polar surface area (TPSA) is 26.0 Å². The predicted molar refractivity (Wildman–Crippen MR) is 78.5 cm³/mol. The van der Waals surface area contributed by atoms with E-state index >= 15 is 0 Å². The van der Waals surface area contributed by atoms with Crippen molar-refractivity contribution in [2.45, 2.75) is 52.5 Å². The van der Waals surface area contributed by atoms with Crippen molar-refractivity contribution in [3.05, 3.63) is 35.4 Å². The third-order valence-corrected chi connectivity index (χ3v) is 4.84. The molecule has 0 aromatic heterocycles. The molecule has 1 fully saturated rings. The molecule has 0 amide bonds. The molecule has 2 N–H and O–H groups in total. The number of benzene rings is 1. The average Bonchev–Trinajstić information content (AvgIpc) is 2.35. The number of rotatable bonds is 3. The second-order valence-corrected chi connectivity index (χ2v) is 6.38. The molecule has 0 spiro atoms. The second-order valence-electron chi connectivity index (χ2n) is 6.38. The van der Waals surface area contributed by atoms with Crippen molar-refractivity contribution in [2.24, 2.45) is 23.5 Å². The summed E-state index contributed by atoms with van der Waals surface area (Å²) in [5, 5.41) is 0. The molecule has 4 atom stereocenters. The highest BCUT2D eigenvalue weighted by Crippen LogP contribution is 2.35. The molecule has 1 aromatic rings. The SMILES string of the molecule is Cc1ccc(CC(N)C2CCC(C)C(C)C2)cc1. The quantitative estimate of drug-likeness (QED) is 0.857. The van der Waals surface area contributed by atoms with Crippen LogP contribution >= 0.6 is 0 Å². The van der Waals surface area contributed by atoms with Crippen LogP contribution in [0.1, 0.15) is 44.2 Å². The van der Waals surface area contributed by atoms with Crippen molar-refractivity contribution in [3.63, 3.8) is 0 Å². The lowest BCUT2D eigenvalue weighted by molar-refractivity contribution is 0.185. The third kappa shape index (κ3) is 3.35. The summed E-state index contributed by atoms with van der Waals surface area (Å²) in [4.78, 5) is 0. The second kappa shape index (κ2) is 5.88. The van der Waals surface area contributed by atoms with E-state index in [1.165, 1.54) is 30.4 Å². The lowest BCUT2D eigenvalue weighted by atomic mass is 9.72. The predicted octanol–water partition coefficient (Wildman–Crippen LogP) is 3.94. The molecular formula is C17H27N. The van der Waals surface area contributed by atoms with Gasteiger partial charge in [0.2, 0.25) is 0 Å². The molecule has 0 bridgehead atoms. The summed E-state index contributed by atoms with van der Waals surface area (Å²) in [6.07, 6.45) is 5.02. The Morgan fingerprint density at radius 1 is 1.11 bits per heavy atom. The Morgan fingerprint density at radius 3 is 2.39 bits per heavy atom. The highest BCUT2D eigenvalue weighted by molar-refractivity contribution is 5.22. The Balaban J connectivity index is 1.91. The van der Waals surface area contributed by atoms with Gasteiger partial charge in [-0.3, -0.25) is 0 Å². The molecule has 1 nitrogen and oxygen atoms in total. The Morgan fingerprint density at radius 2 is 1.78 bits per heavy atom. The summed E-state index contributed by atoms with van der Waals surface area (Å²) in [6.45, 7) is 6.90. The smallest absolute Gasteiger partial charge is 0.0108 e. The van der Waals surface area contributed by atoms with Crippen molar-refractivity contribution in [3.8, 4) is 0 Å². The highest BCUT2D eigenvalue weighted by Gasteiger charge is 2.28. The first-order valence-electron chi connectivity index (χ1n) is 7.37. The van der Waals surface area contributed by atoms with Crippen molar-refractivity contribution in [1.82, 2.24) is 0 Å². The van der Waals surface area contributed by atoms with E-state index < -0.39 is 0 Å². The van der Waals surface area contributed by atoms with Crippen LogP contribution in [-0.2, 0) is 6.42 Å². The molecule has 4 unspecified atom stereocenters. The zero-order valence-electron chi connectivity index (χ0n) is 12.0. The van der Waals surface area contributed by atoms with Gasteiger partial charge in [-0.2, -0.15) is 0 Å². The van der Waals surface area contributed by atoms with E-state index in [0.29, 0.717) is 6.04 Å². The summed E-state index contributed by atoms with van der Waals surface area (Å²) < 4.78 is 0. The zero-order chi connectivity index (χ0) is 13.1. The van der Waals surface area contributed by atoms with Crippen molar-refractivity contribution >= 4 is 0 Å². The lowest BCUT2D eigenvalue weighted by Gasteiger charge is -2.35. The summed E-state index contributed by atoms with van der Waals surface area (Å²) in [5.74, 6) is 2.44. The van der Waals surface area contributed by atoms with E-state index in [4.69, 9.17) is 5.73 Å². The molecule has 2 rings (SSSR count). The zero-order valence-corrected chi connectivity index (χ0v) is 12.0. The Kier molecular flexibility index (Phi) is 4.45. The minimum atomic E-state index is 0.336. The molecular weight excluding hydrogens is 218 g/mol. The van der Waals surface area contributed by atoms with Gasteiger partial charge in [-0.1, -0.05) is 50.1 Å². The van der Waals surface area contributed by atoms with Crippen molar-refractivity contribution in [1.29, 1.82) is 0 Å². The Hall–Kier alpha value is -0.820. The van der Waals surface area contributed by atoms with Crippen LogP contribution < -0.4 is 5.73 Å². The van der Waals surface area contributed by atoms with Gasteiger partial charge in [-0.05, 0) is 49.5 Å². The minimum Gasteiger partial charge on any atom is -0.327 e. The fraction of sp³-hybridized carbons (Fsp3) is 0.647. The van der Waals surface area contributed by atoms with Crippen molar-refractivity contribution in [2.75, 3.05) is 0 Å². The Labute approximate surface area is 112 Å². The first kappa shape index (κ1) is 13.6. The number of aryl methyl sites for hydroxylation is 1. The molecule has 0 radical (unpaired) electrons. The van der Waals surface area contributed by atoms with E-state index in [-0.39, 0.29) is 0 Å². The van der Waals surface area contributed by atoms with Crippen LogP contribution in [0.15, 0.2) is 24.3 Å². The molecule has 0 aliphatic heterocycles. The molecule has 1 saturated carbocycles. The van der Waals surface area contributed by atoms with Crippen LogP contribution in [-0.4, -0.2) is 6.04 Å². The number of nitrogens with two attached hydrogens (primary N) is 1. The normalized spacial score (nSPS) is 30.1. The maximum absolute atomic E-state index is 6.43. The summed E-state index contributed by atoms with van der Waals surface area (Å²) in [6, 6.07) is 9.16. The van der Waals surface area contributed by atoms with Gasteiger partial charge in [0.25, 0.3) is 0 Å². The Bertz CT molecular complexity index is 368. The van der Waals surface area contributed by atoms with Gasteiger partial charge in [0.15, 0.2) is 0 Å². The van der Waals surface area contributed by atoms with E-state index in [9.17, 15) is 0 Å². The largest absolute Gasteiger partial charge is 0.327 e. The van der Waals surface area contributed by atoms with Gasteiger partial charge in [0.05, 0.1) is 0 Å². The monoisotopic (exact) mass is 245 g/mol. The first-order chi connectivity index (χ1) is 8.56. The fourth-order valence-corrected chi connectivity index (χ4v) is 3.14. The number of hydrogen-bond donors (Lipinski definition) is 1. The molecule has 0 heterocycles. The summed E-state index contributed by atoms with van der Waals surface area (Å²) in [7, 11) is 0. The van der Waals surface area contributed by atoms with Crippen LogP contribution in [0, 0.1) is 24.7 Å². The third-order valence-electron chi connectivity index (χ3n) is 4.84. The van der Waals surface area contributed by atoms with Gasteiger partial charge in [0, 0.05) is 6.04 Å². The molecule has 1 heteroatoms. The lowest BCUT2D eigenvalue weighted by Crippen LogP contribution is -2.36. The molecule has 100 valence electrons. The van der Waals surface area contributed by atoms with E-state index in [2.05, 4.69) is 45.0 Å². The maximum atomic E-state index is 6.43. The number of hydrogen-bond acceptors (Lipinski definition) is 1. The van der Waals surface area contributed by atoms with E-state index in [0.717, 1.165) is 24.2 Å². The van der Waals surface area contributed by atoms with Gasteiger partial charge in [-0.15, -0.1) is 0 Å². The fourth-order valence-electron chi connectivity index (χ4n) is 3.14. The van der Waals surface area contributed by atoms with Gasteiger partial charge in [-0.25, -0.2) is 0 Å². The van der Waals surface area contributed by atoms with Crippen LogP contribution in [0.2, 0.25) is 0 Å². The molecule has 1 aromatic carbocycles. The highest BCUT2D eigenvalue weighted by atomic mass is 14.7. The van der Waals surface area contributed by atoms with E-state index in [1.54, 1.807) is 0 Å². The van der Waals surface area contributed by atoms with Gasteiger partial charge >= 0.3 is 0 Å². The minimum absolute atomic E-state index is 0.336. The molecule has 1 aliphatic carbocycles. The summed E-state index contributed by atoms with van der Waals surface area (Å²) >= 11 is 0. The maximum Gasteiger partial charge on any atom is 0.0108 e. The molecule has 0 saturated heterocycles. The van der Waals surface area contributed by atoms with Crippen molar-refractivity contribution < 1.29 is 0 Å². The standard InChI is InChI=1S/C17H27N/c1-12-4-7-15(8-5-12)11-17(18)16-9-6-13(2)14(3)10-16/h4-5,7-8,13-14,16-17H,6,9-11,18H2,1-3H3. The van der Waals surface area contributed by atoms with Crippen LogP contribution in [0.5, 0.6) is 0 Å². The molecule has 18 heavy (non-hydrogen) atoms. The van der Waals surface area contributed by atoms with Gasteiger partial charge in [0.1, 0.15) is 0 Å². The van der Waals surface area contributed by atoms with Gasteiger partial charge < -0.3 is 5.73 Å². The first-order valence-corrected chi connectivity index (χ1v) is 7.37. The van der Waals surface area contributed by atoms with Crippen LogP contribution in [0.3, 0.4) is 0 Å².